The van der Waals surface area contributed by atoms with E-state index < -0.39 is 12.1 Å². The molecule has 0 saturated heterocycles. The SMILES string of the molecule is O=C(O)C[C@H](O)c1cccc(Cl)c1Cl. The van der Waals surface area contributed by atoms with E-state index in [4.69, 9.17) is 28.3 Å². The van der Waals surface area contributed by atoms with E-state index in [1.165, 1.54) is 0 Å². The van der Waals surface area contributed by atoms with Gasteiger partial charge in [0.15, 0.2) is 0 Å². The number of carboxylic acids is 1. The fourth-order valence-corrected chi connectivity index (χ4v) is 1.49. The van der Waals surface area contributed by atoms with Crippen molar-refractivity contribution in [1.29, 1.82) is 0 Å². The van der Waals surface area contributed by atoms with E-state index in [2.05, 4.69) is 0 Å². The van der Waals surface area contributed by atoms with Gasteiger partial charge in [0, 0.05) is 5.56 Å². The molecule has 1 rings (SSSR count). The van der Waals surface area contributed by atoms with E-state index in [1.807, 2.05) is 0 Å². The topological polar surface area (TPSA) is 57.5 Å². The van der Waals surface area contributed by atoms with Crippen LogP contribution < -0.4 is 0 Å². The van der Waals surface area contributed by atoms with Gasteiger partial charge >= 0.3 is 5.97 Å². The van der Waals surface area contributed by atoms with Crippen LogP contribution >= 0.6 is 23.2 Å². The minimum Gasteiger partial charge on any atom is -0.481 e. The van der Waals surface area contributed by atoms with Crippen molar-refractivity contribution in [2.75, 3.05) is 0 Å². The van der Waals surface area contributed by atoms with Crippen LogP contribution in [-0.4, -0.2) is 16.2 Å². The second-order valence-electron chi connectivity index (χ2n) is 2.76. The van der Waals surface area contributed by atoms with Crippen molar-refractivity contribution in [3.63, 3.8) is 0 Å². The molecule has 2 N–H and O–H groups in total. The zero-order valence-electron chi connectivity index (χ0n) is 7.08. The first-order chi connectivity index (χ1) is 6.52. The fraction of sp³-hybridized carbons (Fsp3) is 0.222. The Labute approximate surface area is 90.9 Å². The molecule has 0 aromatic heterocycles. The van der Waals surface area contributed by atoms with E-state index in [1.54, 1.807) is 18.2 Å². The summed E-state index contributed by atoms with van der Waals surface area (Å²) in [5.74, 6) is -1.09. The van der Waals surface area contributed by atoms with Crippen molar-refractivity contribution >= 4 is 29.2 Å². The predicted molar refractivity (Wildman–Crippen MR) is 53.7 cm³/mol. The molecular weight excluding hydrogens is 227 g/mol. The number of aliphatic hydroxyl groups is 1. The number of carboxylic acid groups (broad SMARTS) is 1. The number of hydrogen-bond acceptors (Lipinski definition) is 2. The molecule has 0 fully saturated rings. The quantitative estimate of drug-likeness (QED) is 0.846. The normalized spacial score (nSPS) is 12.5. The van der Waals surface area contributed by atoms with Crippen molar-refractivity contribution in [3.8, 4) is 0 Å². The first kappa shape index (κ1) is 11.3. The van der Waals surface area contributed by atoms with Gasteiger partial charge in [-0.2, -0.15) is 0 Å². The van der Waals surface area contributed by atoms with Crippen LogP contribution in [0.2, 0.25) is 10.0 Å². The zero-order valence-corrected chi connectivity index (χ0v) is 8.59. The Morgan fingerprint density at radius 3 is 2.64 bits per heavy atom. The Morgan fingerprint density at radius 1 is 1.43 bits per heavy atom. The second-order valence-corrected chi connectivity index (χ2v) is 3.54. The third-order valence-corrected chi connectivity index (χ3v) is 2.54. The van der Waals surface area contributed by atoms with Gasteiger partial charge in [-0.25, -0.2) is 0 Å². The van der Waals surface area contributed by atoms with Crippen molar-refractivity contribution in [1.82, 2.24) is 0 Å². The van der Waals surface area contributed by atoms with Crippen LogP contribution in [0.3, 0.4) is 0 Å². The lowest BCUT2D eigenvalue weighted by atomic mass is 10.1. The molecule has 0 aliphatic heterocycles. The maximum atomic E-state index is 10.3. The largest absolute Gasteiger partial charge is 0.481 e. The summed E-state index contributed by atoms with van der Waals surface area (Å²) in [4.78, 5) is 10.3. The van der Waals surface area contributed by atoms with Gasteiger partial charge in [-0.05, 0) is 6.07 Å². The van der Waals surface area contributed by atoms with Gasteiger partial charge in [0.25, 0.3) is 0 Å². The average Bonchev–Trinajstić information content (AvgIpc) is 2.08. The molecule has 14 heavy (non-hydrogen) atoms. The maximum Gasteiger partial charge on any atom is 0.306 e. The standard InChI is InChI=1S/C9H8Cl2O3/c10-6-3-1-2-5(9(6)11)7(12)4-8(13)14/h1-3,7,12H,4H2,(H,13,14)/t7-/m0/s1. The van der Waals surface area contributed by atoms with Crippen molar-refractivity contribution in [3.05, 3.63) is 33.8 Å². The monoisotopic (exact) mass is 234 g/mol. The number of halogens is 2. The highest BCUT2D eigenvalue weighted by Crippen LogP contribution is 2.31. The predicted octanol–water partition coefficient (Wildman–Crippen LogP) is 2.50. The minimum absolute atomic E-state index is 0.197. The van der Waals surface area contributed by atoms with Gasteiger partial charge < -0.3 is 10.2 Å². The van der Waals surface area contributed by atoms with Crippen LogP contribution in [0.4, 0.5) is 0 Å². The Bertz CT molecular complexity index is 352. The summed E-state index contributed by atoms with van der Waals surface area (Å²) in [7, 11) is 0. The summed E-state index contributed by atoms with van der Waals surface area (Å²) in [6.45, 7) is 0. The van der Waals surface area contributed by atoms with Crippen LogP contribution in [0.15, 0.2) is 18.2 Å². The molecule has 1 aromatic carbocycles. The van der Waals surface area contributed by atoms with Crippen molar-refractivity contribution in [2.24, 2.45) is 0 Å². The number of benzene rings is 1. The molecule has 1 aromatic rings. The lowest BCUT2D eigenvalue weighted by Crippen LogP contribution is -2.05. The van der Waals surface area contributed by atoms with Crippen LogP contribution in [0.5, 0.6) is 0 Å². The second kappa shape index (κ2) is 4.64. The minimum atomic E-state index is -1.13. The van der Waals surface area contributed by atoms with Gasteiger partial charge in [0.2, 0.25) is 0 Å². The smallest absolute Gasteiger partial charge is 0.306 e. The fourth-order valence-electron chi connectivity index (χ4n) is 1.05. The first-order valence-corrected chi connectivity index (χ1v) is 4.61. The molecule has 0 radical (unpaired) electrons. The third kappa shape index (κ3) is 2.61. The molecule has 0 unspecified atom stereocenters. The lowest BCUT2D eigenvalue weighted by Gasteiger charge is -2.10. The van der Waals surface area contributed by atoms with Crippen LogP contribution in [0.1, 0.15) is 18.1 Å². The molecule has 0 aliphatic carbocycles. The Balaban J connectivity index is 2.95. The van der Waals surface area contributed by atoms with E-state index in [0.717, 1.165) is 0 Å². The highest BCUT2D eigenvalue weighted by atomic mass is 35.5. The van der Waals surface area contributed by atoms with Crippen molar-refractivity contribution < 1.29 is 15.0 Å². The molecule has 3 nitrogen and oxygen atoms in total. The summed E-state index contributed by atoms with van der Waals surface area (Å²) in [6.07, 6.45) is -1.52. The Kier molecular flexibility index (Phi) is 3.75. The van der Waals surface area contributed by atoms with Crippen molar-refractivity contribution in [2.45, 2.75) is 12.5 Å². The van der Waals surface area contributed by atoms with E-state index >= 15 is 0 Å². The van der Waals surface area contributed by atoms with Crippen LogP contribution in [-0.2, 0) is 4.79 Å². The molecule has 0 saturated carbocycles. The van der Waals surface area contributed by atoms with Crippen LogP contribution in [0, 0.1) is 0 Å². The van der Waals surface area contributed by atoms with Crippen LogP contribution in [0.25, 0.3) is 0 Å². The molecule has 0 amide bonds. The number of carbonyl (C=O) groups is 1. The Hall–Kier alpha value is -0.770. The van der Waals surface area contributed by atoms with E-state index in [0.29, 0.717) is 10.6 Å². The molecule has 0 heterocycles. The van der Waals surface area contributed by atoms with Gasteiger partial charge in [0.1, 0.15) is 0 Å². The lowest BCUT2D eigenvalue weighted by molar-refractivity contribution is -0.139. The molecule has 76 valence electrons. The molecule has 0 spiro atoms. The third-order valence-electron chi connectivity index (χ3n) is 1.71. The summed E-state index contributed by atoms with van der Waals surface area (Å²) in [5.41, 5.74) is 0.335. The number of aliphatic hydroxyl groups excluding tert-OH is 1. The summed E-state index contributed by atoms with van der Waals surface area (Å²) < 4.78 is 0. The summed E-state index contributed by atoms with van der Waals surface area (Å²) >= 11 is 11.5. The van der Waals surface area contributed by atoms with E-state index in [-0.39, 0.29) is 11.4 Å². The van der Waals surface area contributed by atoms with Gasteiger partial charge in [-0.1, -0.05) is 35.3 Å². The highest BCUT2D eigenvalue weighted by molar-refractivity contribution is 6.42. The molecule has 0 bridgehead atoms. The number of rotatable bonds is 3. The van der Waals surface area contributed by atoms with Gasteiger partial charge in [-0.3, -0.25) is 4.79 Å². The Morgan fingerprint density at radius 2 is 2.07 bits per heavy atom. The number of hydrogen-bond donors (Lipinski definition) is 2. The molecule has 5 heteroatoms. The molecule has 1 atom stereocenters. The number of aliphatic carboxylic acids is 1. The highest BCUT2D eigenvalue weighted by Gasteiger charge is 2.16. The van der Waals surface area contributed by atoms with E-state index in [9.17, 15) is 9.90 Å². The average molecular weight is 235 g/mol. The molecular formula is C9H8Cl2O3. The first-order valence-electron chi connectivity index (χ1n) is 3.86. The zero-order chi connectivity index (χ0) is 10.7. The summed E-state index contributed by atoms with van der Waals surface area (Å²) in [5, 5.41) is 18.4. The molecule has 0 aliphatic rings. The summed E-state index contributed by atoms with van der Waals surface area (Å²) in [6, 6.07) is 4.72. The van der Waals surface area contributed by atoms with Gasteiger partial charge in [0.05, 0.1) is 22.6 Å². The van der Waals surface area contributed by atoms with Gasteiger partial charge in [-0.15, -0.1) is 0 Å². The maximum absolute atomic E-state index is 10.3.